The molecule has 2 N–H and O–H groups in total. The predicted octanol–water partition coefficient (Wildman–Crippen LogP) is 4.20. The van der Waals surface area contributed by atoms with Gasteiger partial charge in [-0.3, -0.25) is 14.9 Å². The van der Waals surface area contributed by atoms with Crippen molar-refractivity contribution < 1.29 is 19.1 Å². The van der Waals surface area contributed by atoms with E-state index in [1.54, 1.807) is 43.3 Å². The fraction of sp³-hybridized carbons (Fsp3) is 0.150. The molecule has 0 spiro atoms. The molecular weight excluding hydrogens is 414 g/mol. The standard InChI is InChI=1S/C20H16ClN3O4S/c1-11-19(26)22-15-8-12(2-7-17(15)28-11)16-10-29-20(23-16)24-18(25)9-27-14-5-3-13(21)4-6-14/h2-8,10-11H,9H2,1H3,(H,22,26)(H,23,24,25)/t11-/m1/s1. The van der Waals surface area contributed by atoms with Gasteiger partial charge in [0.25, 0.3) is 11.8 Å². The van der Waals surface area contributed by atoms with Gasteiger partial charge in [0.2, 0.25) is 0 Å². The lowest BCUT2D eigenvalue weighted by Gasteiger charge is -2.23. The van der Waals surface area contributed by atoms with Crippen molar-refractivity contribution in [3.05, 3.63) is 52.9 Å². The Morgan fingerprint density at radius 3 is 2.90 bits per heavy atom. The summed E-state index contributed by atoms with van der Waals surface area (Å²) in [7, 11) is 0. The summed E-state index contributed by atoms with van der Waals surface area (Å²) in [5, 5.41) is 8.40. The Labute approximate surface area is 175 Å². The largest absolute Gasteiger partial charge is 0.484 e. The van der Waals surface area contributed by atoms with Crippen LogP contribution in [-0.2, 0) is 9.59 Å². The van der Waals surface area contributed by atoms with Crippen molar-refractivity contribution in [2.45, 2.75) is 13.0 Å². The lowest BCUT2D eigenvalue weighted by molar-refractivity contribution is -0.122. The summed E-state index contributed by atoms with van der Waals surface area (Å²) in [4.78, 5) is 28.3. The van der Waals surface area contributed by atoms with Gasteiger partial charge in [0.1, 0.15) is 11.5 Å². The first kappa shape index (κ1) is 19.2. The van der Waals surface area contributed by atoms with E-state index in [1.165, 1.54) is 11.3 Å². The Morgan fingerprint density at radius 1 is 1.31 bits per heavy atom. The molecule has 148 valence electrons. The maximum atomic E-state index is 12.1. The second kappa shape index (κ2) is 8.10. The average molecular weight is 430 g/mol. The topological polar surface area (TPSA) is 89.6 Å². The lowest BCUT2D eigenvalue weighted by Crippen LogP contribution is -2.34. The van der Waals surface area contributed by atoms with E-state index in [4.69, 9.17) is 21.1 Å². The van der Waals surface area contributed by atoms with Gasteiger partial charge in [-0.1, -0.05) is 11.6 Å². The Kier molecular flexibility index (Phi) is 5.37. The van der Waals surface area contributed by atoms with Crippen molar-refractivity contribution in [1.82, 2.24) is 4.98 Å². The maximum absolute atomic E-state index is 12.1. The molecule has 1 aliphatic heterocycles. The number of carbonyl (C=O) groups excluding carboxylic acids is 2. The van der Waals surface area contributed by atoms with Crippen LogP contribution in [0.15, 0.2) is 47.8 Å². The first-order chi connectivity index (χ1) is 14.0. The molecule has 9 heteroatoms. The molecule has 0 bridgehead atoms. The smallest absolute Gasteiger partial charge is 0.265 e. The van der Waals surface area contributed by atoms with E-state index >= 15 is 0 Å². The molecule has 4 rings (SSSR count). The normalized spacial score (nSPS) is 15.1. The van der Waals surface area contributed by atoms with Crippen LogP contribution < -0.4 is 20.1 Å². The summed E-state index contributed by atoms with van der Waals surface area (Å²) in [5.74, 6) is 0.656. The molecule has 2 amide bonds. The summed E-state index contributed by atoms with van der Waals surface area (Å²) in [6.45, 7) is 1.55. The van der Waals surface area contributed by atoms with Crippen LogP contribution in [0.25, 0.3) is 11.3 Å². The molecule has 0 aliphatic carbocycles. The molecule has 1 aliphatic rings. The quantitative estimate of drug-likeness (QED) is 0.634. The average Bonchev–Trinajstić information content (AvgIpc) is 3.16. The summed E-state index contributed by atoms with van der Waals surface area (Å²) < 4.78 is 11.0. The maximum Gasteiger partial charge on any atom is 0.265 e. The molecule has 1 atom stereocenters. The van der Waals surface area contributed by atoms with E-state index in [9.17, 15) is 9.59 Å². The third-order valence-electron chi connectivity index (χ3n) is 4.14. The number of halogens is 1. The number of amides is 2. The Bertz CT molecular complexity index is 1070. The second-order valence-electron chi connectivity index (χ2n) is 6.29. The highest BCUT2D eigenvalue weighted by Crippen LogP contribution is 2.34. The predicted molar refractivity (Wildman–Crippen MR) is 112 cm³/mol. The van der Waals surface area contributed by atoms with Crippen LogP contribution in [0.5, 0.6) is 11.5 Å². The van der Waals surface area contributed by atoms with Crippen LogP contribution in [0.3, 0.4) is 0 Å². The number of ether oxygens (including phenoxy) is 2. The molecule has 0 unspecified atom stereocenters. The molecule has 0 saturated carbocycles. The summed E-state index contributed by atoms with van der Waals surface area (Å²) in [6.07, 6.45) is -0.524. The number of thiazole rings is 1. The van der Waals surface area contributed by atoms with E-state index in [1.807, 2.05) is 11.4 Å². The van der Waals surface area contributed by atoms with E-state index in [0.29, 0.717) is 33.0 Å². The van der Waals surface area contributed by atoms with Crippen LogP contribution in [0, 0.1) is 0 Å². The molecule has 7 nitrogen and oxygen atoms in total. The van der Waals surface area contributed by atoms with Gasteiger partial charge >= 0.3 is 0 Å². The number of carbonyl (C=O) groups is 2. The Morgan fingerprint density at radius 2 is 2.10 bits per heavy atom. The molecule has 3 aromatic rings. The van der Waals surface area contributed by atoms with Gasteiger partial charge < -0.3 is 14.8 Å². The van der Waals surface area contributed by atoms with E-state index in [-0.39, 0.29) is 18.4 Å². The fourth-order valence-corrected chi connectivity index (χ4v) is 3.53. The zero-order chi connectivity index (χ0) is 20.4. The summed E-state index contributed by atoms with van der Waals surface area (Å²) >= 11 is 7.12. The Balaban J connectivity index is 1.39. The van der Waals surface area contributed by atoms with Crippen molar-refractivity contribution in [2.75, 3.05) is 17.2 Å². The van der Waals surface area contributed by atoms with Crippen molar-refractivity contribution in [2.24, 2.45) is 0 Å². The first-order valence-electron chi connectivity index (χ1n) is 8.73. The number of aromatic nitrogens is 1. The molecular formula is C20H16ClN3O4S. The summed E-state index contributed by atoms with van der Waals surface area (Å²) in [5.41, 5.74) is 2.08. The number of nitrogens with zero attached hydrogens (tertiary/aromatic N) is 1. The first-order valence-corrected chi connectivity index (χ1v) is 9.99. The van der Waals surface area contributed by atoms with E-state index in [2.05, 4.69) is 15.6 Å². The third-order valence-corrected chi connectivity index (χ3v) is 5.15. The number of nitrogens with one attached hydrogen (secondary N) is 2. The van der Waals surface area contributed by atoms with Crippen LogP contribution in [0.2, 0.25) is 5.02 Å². The second-order valence-corrected chi connectivity index (χ2v) is 7.58. The van der Waals surface area contributed by atoms with Crippen LogP contribution in [0.1, 0.15) is 6.92 Å². The van der Waals surface area contributed by atoms with Gasteiger partial charge in [-0.05, 0) is 49.4 Å². The number of fused-ring (bicyclic) bond motifs is 1. The number of anilines is 2. The Hall–Kier alpha value is -3.10. The molecule has 2 aromatic carbocycles. The molecule has 1 aromatic heterocycles. The molecule has 29 heavy (non-hydrogen) atoms. The zero-order valence-electron chi connectivity index (χ0n) is 15.3. The minimum absolute atomic E-state index is 0.142. The highest BCUT2D eigenvalue weighted by molar-refractivity contribution is 7.14. The van der Waals surface area contributed by atoms with E-state index < -0.39 is 6.10 Å². The molecule has 0 radical (unpaired) electrons. The highest BCUT2D eigenvalue weighted by Gasteiger charge is 2.24. The number of hydrogen-bond acceptors (Lipinski definition) is 6. The van der Waals surface area contributed by atoms with Crippen molar-refractivity contribution in [3.63, 3.8) is 0 Å². The van der Waals surface area contributed by atoms with Gasteiger partial charge in [0, 0.05) is 16.0 Å². The number of benzene rings is 2. The van der Waals surface area contributed by atoms with Gasteiger partial charge in [0.15, 0.2) is 17.8 Å². The number of hydrogen-bond donors (Lipinski definition) is 2. The van der Waals surface area contributed by atoms with Crippen LogP contribution in [0.4, 0.5) is 10.8 Å². The zero-order valence-corrected chi connectivity index (χ0v) is 16.8. The molecule has 0 fully saturated rings. The molecule has 2 heterocycles. The highest BCUT2D eigenvalue weighted by atomic mass is 35.5. The monoisotopic (exact) mass is 429 g/mol. The minimum atomic E-state index is -0.524. The summed E-state index contributed by atoms with van der Waals surface area (Å²) in [6, 6.07) is 12.2. The minimum Gasteiger partial charge on any atom is -0.484 e. The van der Waals surface area contributed by atoms with E-state index in [0.717, 1.165) is 5.56 Å². The number of rotatable bonds is 5. The van der Waals surface area contributed by atoms with Crippen LogP contribution in [-0.4, -0.2) is 29.5 Å². The SMILES string of the molecule is C[C@H]1Oc2ccc(-c3csc(NC(=O)COc4ccc(Cl)cc4)n3)cc2NC1=O. The van der Waals surface area contributed by atoms with Crippen molar-refractivity contribution in [1.29, 1.82) is 0 Å². The van der Waals surface area contributed by atoms with Gasteiger partial charge in [-0.25, -0.2) is 4.98 Å². The molecule has 0 saturated heterocycles. The van der Waals surface area contributed by atoms with Crippen LogP contribution >= 0.6 is 22.9 Å². The fourth-order valence-electron chi connectivity index (χ4n) is 2.67. The van der Waals surface area contributed by atoms with Crippen molar-refractivity contribution >= 4 is 45.6 Å². The van der Waals surface area contributed by atoms with Crippen molar-refractivity contribution in [3.8, 4) is 22.8 Å². The van der Waals surface area contributed by atoms with Gasteiger partial charge in [0.05, 0.1) is 11.4 Å². The van der Waals surface area contributed by atoms with Gasteiger partial charge in [-0.2, -0.15) is 0 Å². The van der Waals surface area contributed by atoms with Gasteiger partial charge in [-0.15, -0.1) is 11.3 Å². The lowest BCUT2D eigenvalue weighted by atomic mass is 10.1. The third kappa shape index (κ3) is 4.49.